The van der Waals surface area contributed by atoms with E-state index in [0.29, 0.717) is 11.8 Å². The lowest BCUT2D eigenvalue weighted by Crippen LogP contribution is -2.32. The van der Waals surface area contributed by atoms with Crippen molar-refractivity contribution in [2.75, 3.05) is 13.1 Å². The molecule has 0 saturated carbocycles. The Kier molecular flexibility index (Phi) is 6.48. The molecular weight excluding hydrogens is 420 g/mol. The number of aryl methyl sites for hydroxylation is 2. The molecule has 2 N–H and O–H groups in total. The van der Waals surface area contributed by atoms with Crippen LogP contribution in [0, 0.1) is 23.5 Å². The fourth-order valence-corrected chi connectivity index (χ4v) is 5.19. The largest absolute Gasteiger partial charge is 0.361 e. The predicted octanol–water partition coefficient (Wildman–Crippen LogP) is 5.21. The van der Waals surface area contributed by atoms with Gasteiger partial charge in [-0.2, -0.15) is 0 Å². The lowest BCUT2D eigenvalue weighted by molar-refractivity contribution is 0.234. The molecule has 5 rings (SSSR count). The zero-order valence-corrected chi connectivity index (χ0v) is 18.6. The van der Waals surface area contributed by atoms with Gasteiger partial charge in [0.2, 0.25) is 0 Å². The van der Waals surface area contributed by atoms with Gasteiger partial charge in [0.1, 0.15) is 12.7 Å². The number of aromatic nitrogens is 4. The molecule has 2 aromatic carbocycles. The van der Waals surface area contributed by atoms with E-state index < -0.39 is 11.6 Å². The van der Waals surface area contributed by atoms with Crippen LogP contribution in [0.1, 0.15) is 36.8 Å². The van der Waals surface area contributed by atoms with Crippen LogP contribution in [0.5, 0.6) is 0 Å². The van der Waals surface area contributed by atoms with Crippen molar-refractivity contribution >= 4 is 10.9 Å². The van der Waals surface area contributed by atoms with E-state index in [-0.39, 0.29) is 0 Å². The van der Waals surface area contributed by atoms with Gasteiger partial charge in [-0.25, -0.2) is 8.78 Å². The summed E-state index contributed by atoms with van der Waals surface area (Å²) in [6.07, 6.45) is 11.7. The summed E-state index contributed by atoms with van der Waals surface area (Å²) in [5.41, 5.74) is 4.36. The number of H-pyrrole nitrogens is 1. The molecule has 1 fully saturated rings. The normalized spacial score (nSPS) is 15.8. The van der Waals surface area contributed by atoms with Crippen molar-refractivity contribution in [3.8, 4) is 5.69 Å². The number of halogens is 2. The third kappa shape index (κ3) is 4.98. The molecule has 1 aliphatic rings. The van der Waals surface area contributed by atoms with Crippen molar-refractivity contribution in [1.82, 2.24) is 25.1 Å². The van der Waals surface area contributed by atoms with E-state index >= 15 is 0 Å². The van der Waals surface area contributed by atoms with E-state index in [2.05, 4.69) is 44.9 Å². The molecule has 5 nitrogen and oxygen atoms in total. The summed E-state index contributed by atoms with van der Waals surface area (Å²) in [5, 5.41) is 12.5. The van der Waals surface area contributed by atoms with Gasteiger partial charge in [0.15, 0.2) is 11.6 Å². The Morgan fingerprint density at radius 3 is 2.52 bits per heavy atom. The van der Waals surface area contributed by atoms with E-state index in [4.69, 9.17) is 0 Å². The van der Waals surface area contributed by atoms with E-state index in [1.807, 2.05) is 4.57 Å². The monoisotopic (exact) mass is 449 g/mol. The molecule has 0 radical (unpaired) electrons. The van der Waals surface area contributed by atoms with Gasteiger partial charge in [0.25, 0.3) is 0 Å². The molecule has 4 aromatic rings. The molecule has 172 valence electrons. The fourth-order valence-electron chi connectivity index (χ4n) is 5.19. The zero-order valence-electron chi connectivity index (χ0n) is 18.6. The molecule has 1 unspecified atom stereocenters. The maximum absolute atomic E-state index is 13.7. The summed E-state index contributed by atoms with van der Waals surface area (Å²) >= 11 is 0. The summed E-state index contributed by atoms with van der Waals surface area (Å²) < 4.78 is 28.9. The summed E-state index contributed by atoms with van der Waals surface area (Å²) in [5.74, 6) is -0.326. The van der Waals surface area contributed by atoms with Gasteiger partial charge in [-0.1, -0.05) is 6.07 Å². The van der Waals surface area contributed by atoms with Crippen LogP contribution in [0.4, 0.5) is 8.78 Å². The zero-order chi connectivity index (χ0) is 22.6. The van der Waals surface area contributed by atoms with Gasteiger partial charge < -0.3 is 10.3 Å². The van der Waals surface area contributed by atoms with Crippen LogP contribution in [0.25, 0.3) is 16.6 Å². The molecule has 1 atom stereocenters. The minimum absolute atomic E-state index is 0.547. The maximum atomic E-state index is 13.7. The Morgan fingerprint density at radius 1 is 0.939 bits per heavy atom. The third-order valence-electron chi connectivity index (χ3n) is 7.09. The highest BCUT2D eigenvalue weighted by Gasteiger charge is 2.24. The number of piperidine rings is 1. The van der Waals surface area contributed by atoms with Crippen molar-refractivity contribution in [1.29, 1.82) is 0 Å². The van der Waals surface area contributed by atoms with E-state index in [0.717, 1.165) is 55.5 Å². The van der Waals surface area contributed by atoms with Crippen LogP contribution in [0.3, 0.4) is 0 Å². The molecule has 0 amide bonds. The number of benzene rings is 2. The van der Waals surface area contributed by atoms with Crippen LogP contribution >= 0.6 is 0 Å². The highest BCUT2D eigenvalue weighted by molar-refractivity contribution is 5.85. The molecule has 1 aliphatic heterocycles. The lowest BCUT2D eigenvalue weighted by atomic mass is 9.78. The van der Waals surface area contributed by atoms with Gasteiger partial charge in [0.05, 0.1) is 0 Å². The van der Waals surface area contributed by atoms with Crippen LogP contribution in [-0.2, 0) is 12.8 Å². The van der Waals surface area contributed by atoms with Crippen molar-refractivity contribution in [3.63, 3.8) is 0 Å². The Labute approximate surface area is 192 Å². The number of nitrogens with one attached hydrogen (secondary N) is 2. The standard InChI is InChI=1S/C26H29F2N5/c27-24-7-2-18(13-25(24)28)1-3-19(20-9-11-29-12-10-20)4-5-21-15-30-26-8-6-22(14-23(21)26)33-16-31-32-17-33/h2,6-8,13-17,19-20,29-30H,1,3-5,9-12H2. The lowest BCUT2D eigenvalue weighted by Gasteiger charge is -2.31. The van der Waals surface area contributed by atoms with Crippen molar-refractivity contribution < 1.29 is 8.78 Å². The number of nitrogens with zero attached hydrogens (tertiary/aromatic N) is 3. The minimum Gasteiger partial charge on any atom is -0.361 e. The molecule has 0 spiro atoms. The number of hydrogen-bond donors (Lipinski definition) is 2. The highest BCUT2D eigenvalue weighted by Crippen LogP contribution is 2.32. The van der Waals surface area contributed by atoms with Gasteiger partial charge in [0, 0.05) is 22.8 Å². The van der Waals surface area contributed by atoms with Gasteiger partial charge in [-0.05, 0) is 105 Å². The van der Waals surface area contributed by atoms with Gasteiger partial charge >= 0.3 is 0 Å². The van der Waals surface area contributed by atoms with Crippen molar-refractivity contribution in [2.24, 2.45) is 11.8 Å². The quantitative estimate of drug-likeness (QED) is 0.388. The molecule has 2 aromatic heterocycles. The van der Waals surface area contributed by atoms with Crippen LogP contribution in [0.15, 0.2) is 55.2 Å². The average molecular weight is 450 g/mol. The number of fused-ring (bicyclic) bond motifs is 1. The number of hydrogen-bond acceptors (Lipinski definition) is 3. The first-order valence-corrected chi connectivity index (χ1v) is 11.8. The molecule has 7 heteroatoms. The van der Waals surface area contributed by atoms with Gasteiger partial charge in [-0.15, -0.1) is 10.2 Å². The fraction of sp³-hybridized carbons (Fsp3) is 0.385. The first-order valence-electron chi connectivity index (χ1n) is 11.8. The van der Waals surface area contributed by atoms with Crippen LogP contribution in [-0.4, -0.2) is 32.8 Å². The smallest absolute Gasteiger partial charge is 0.159 e. The van der Waals surface area contributed by atoms with Gasteiger partial charge in [-0.3, -0.25) is 4.57 Å². The SMILES string of the molecule is Fc1ccc(CCC(CCc2c[nH]c3ccc(-n4cnnc4)cc23)C2CCNCC2)cc1F. The minimum atomic E-state index is -0.779. The Balaban J connectivity index is 1.31. The molecule has 33 heavy (non-hydrogen) atoms. The number of aromatic amines is 1. The van der Waals surface area contributed by atoms with E-state index in [1.165, 1.54) is 35.9 Å². The topological polar surface area (TPSA) is 58.5 Å². The Hall–Kier alpha value is -3.06. The first-order chi connectivity index (χ1) is 16.2. The predicted molar refractivity (Wildman–Crippen MR) is 125 cm³/mol. The molecule has 0 aliphatic carbocycles. The number of rotatable bonds is 8. The van der Waals surface area contributed by atoms with Crippen LogP contribution in [0.2, 0.25) is 0 Å². The van der Waals surface area contributed by atoms with E-state index in [9.17, 15) is 8.78 Å². The third-order valence-corrected chi connectivity index (χ3v) is 7.09. The second kappa shape index (κ2) is 9.83. The molecule has 3 heterocycles. The summed E-state index contributed by atoms with van der Waals surface area (Å²) in [4.78, 5) is 3.41. The first kappa shape index (κ1) is 21.8. The summed E-state index contributed by atoms with van der Waals surface area (Å²) in [6.45, 7) is 2.11. The maximum Gasteiger partial charge on any atom is 0.159 e. The van der Waals surface area contributed by atoms with Crippen LogP contribution < -0.4 is 5.32 Å². The Bertz CT molecular complexity index is 1190. The summed E-state index contributed by atoms with van der Waals surface area (Å²) in [6, 6.07) is 10.6. The molecule has 0 bridgehead atoms. The highest BCUT2D eigenvalue weighted by atomic mass is 19.2. The molecule has 1 saturated heterocycles. The molecular formula is C26H29F2N5. The summed E-state index contributed by atoms with van der Waals surface area (Å²) in [7, 11) is 0. The second-order valence-corrected chi connectivity index (χ2v) is 9.09. The average Bonchev–Trinajstić information content (AvgIpc) is 3.52. The van der Waals surface area contributed by atoms with Crippen molar-refractivity contribution in [3.05, 3.63) is 78.0 Å². The van der Waals surface area contributed by atoms with E-state index in [1.54, 1.807) is 18.7 Å². The second-order valence-electron chi connectivity index (χ2n) is 9.09. The van der Waals surface area contributed by atoms with Crippen molar-refractivity contribution in [2.45, 2.75) is 38.5 Å². The Morgan fingerprint density at radius 2 is 1.73 bits per heavy atom.